The van der Waals surface area contributed by atoms with Gasteiger partial charge in [0.05, 0.1) is 11.3 Å². The van der Waals surface area contributed by atoms with Crippen molar-refractivity contribution in [2.45, 2.75) is 40.0 Å². The van der Waals surface area contributed by atoms with Crippen molar-refractivity contribution in [2.75, 3.05) is 0 Å². The molecule has 148 valence electrons. The van der Waals surface area contributed by atoms with Crippen molar-refractivity contribution in [3.05, 3.63) is 58.9 Å². The van der Waals surface area contributed by atoms with Crippen LogP contribution in [0, 0.1) is 19.3 Å². The van der Waals surface area contributed by atoms with Gasteiger partial charge in [0.25, 0.3) is 5.91 Å². The Hall–Kier alpha value is -2.93. The molecule has 0 fully saturated rings. The van der Waals surface area contributed by atoms with Crippen molar-refractivity contribution < 1.29 is 4.79 Å². The maximum absolute atomic E-state index is 12.7. The number of fused-ring (bicyclic) bond motifs is 1. The third-order valence-electron chi connectivity index (χ3n) is 4.99. The number of amidine groups is 2. The topological polar surface area (TPSA) is 73.8 Å². The highest BCUT2D eigenvalue weighted by Gasteiger charge is 2.35. The minimum absolute atomic E-state index is 0.0771. The molecule has 0 saturated carbocycles. The molecule has 1 N–H and O–H groups in total. The lowest BCUT2D eigenvalue weighted by atomic mass is 10.1. The van der Waals surface area contributed by atoms with Crippen LogP contribution in [0.15, 0.2) is 52.2 Å². The summed E-state index contributed by atoms with van der Waals surface area (Å²) in [4.78, 5) is 16.9. The van der Waals surface area contributed by atoms with E-state index in [1.807, 2.05) is 29.0 Å². The first kappa shape index (κ1) is 19.4. The normalized spacial score (nSPS) is 17.6. The van der Waals surface area contributed by atoms with Gasteiger partial charge in [-0.1, -0.05) is 31.5 Å². The van der Waals surface area contributed by atoms with Crippen LogP contribution in [0.1, 0.15) is 43.0 Å². The fraction of sp³-hybridized carbons (Fsp3) is 0.273. The van der Waals surface area contributed by atoms with Gasteiger partial charge in [-0.15, -0.1) is 0 Å². The number of unbranched alkanes of at least 4 members (excludes halogenated alkanes) is 1. The number of hydrogen-bond donors (Lipinski definition) is 1. The van der Waals surface area contributed by atoms with Crippen molar-refractivity contribution in [3.63, 3.8) is 0 Å². The molecule has 3 heterocycles. The van der Waals surface area contributed by atoms with E-state index < -0.39 is 5.91 Å². The lowest BCUT2D eigenvalue weighted by Gasteiger charge is -2.20. The van der Waals surface area contributed by atoms with Gasteiger partial charge in [-0.25, -0.2) is 0 Å². The summed E-state index contributed by atoms with van der Waals surface area (Å²) >= 11 is 1.39. The Morgan fingerprint density at radius 2 is 1.93 bits per heavy atom. The van der Waals surface area contributed by atoms with Crippen molar-refractivity contribution in [2.24, 2.45) is 10.1 Å². The summed E-state index contributed by atoms with van der Waals surface area (Å²) in [6, 6.07) is 10.0. The first-order valence-corrected chi connectivity index (χ1v) is 10.5. The second kappa shape index (κ2) is 7.83. The molecule has 1 aromatic carbocycles. The van der Waals surface area contributed by atoms with Crippen molar-refractivity contribution >= 4 is 39.8 Å². The van der Waals surface area contributed by atoms with Crippen LogP contribution in [0.2, 0.25) is 0 Å². The first-order valence-electron chi connectivity index (χ1n) is 9.72. The summed E-state index contributed by atoms with van der Waals surface area (Å²) in [5.74, 6) is -0.316. The zero-order valence-electron chi connectivity index (χ0n) is 16.8. The van der Waals surface area contributed by atoms with E-state index >= 15 is 0 Å². The van der Waals surface area contributed by atoms with E-state index in [1.54, 1.807) is 6.08 Å². The molecular weight excluding hydrogens is 382 g/mol. The number of nitrogens with zero attached hydrogens (tertiary/aromatic N) is 4. The number of hydrazone groups is 1. The van der Waals surface area contributed by atoms with Gasteiger partial charge in [0.2, 0.25) is 5.17 Å². The molecule has 2 aliphatic rings. The number of para-hydroxylation sites is 1. The molecule has 0 spiro atoms. The number of nitrogens with one attached hydrogen (secondary N) is 1. The molecule has 2 aromatic rings. The zero-order chi connectivity index (χ0) is 20.5. The van der Waals surface area contributed by atoms with E-state index in [4.69, 9.17) is 5.41 Å². The number of aromatic nitrogens is 1. The molecule has 0 radical (unpaired) electrons. The van der Waals surface area contributed by atoms with Crippen molar-refractivity contribution in [3.8, 4) is 5.69 Å². The number of thioether (sulfide) groups is 1. The quantitative estimate of drug-likeness (QED) is 0.719. The van der Waals surface area contributed by atoms with Crippen molar-refractivity contribution in [1.82, 2.24) is 9.58 Å². The van der Waals surface area contributed by atoms with Crippen LogP contribution in [0.5, 0.6) is 0 Å². The minimum Gasteiger partial charge on any atom is -0.317 e. The maximum atomic E-state index is 12.7. The van der Waals surface area contributed by atoms with Crippen LogP contribution in [-0.2, 0) is 4.79 Å². The smallest absolute Gasteiger partial charge is 0.283 e. The monoisotopic (exact) mass is 405 g/mol. The second-order valence-corrected chi connectivity index (χ2v) is 8.20. The molecule has 2 aliphatic heterocycles. The highest BCUT2D eigenvalue weighted by Crippen LogP contribution is 2.30. The molecule has 0 atom stereocenters. The van der Waals surface area contributed by atoms with E-state index in [9.17, 15) is 4.79 Å². The molecular formula is C22H23N5OS. The highest BCUT2D eigenvalue weighted by molar-refractivity contribution is 8.26. The summed E-state index contributed by atoms with van der Waals surface area (Å²) < 4.78 is 2.05. The number of carbonyl (C=O) groups excluding carboxylic acids is 1. The molecule has 4 rings (SSSR count). The van der Waals surface area contributed by atoms with Gasteiger partial charge in [0.15, 0.2) is 5.84 Å². The van der Waals surface area contributed by atoms with Gasteiger partial charge in [0, 0.05) is 11.9 Å². The molecule has 1 amide bonds. The summed E-state index contributed by atoms with van der Waals surface area (Å²) in [6.45, 7) is 6.26. The Balaban J connectivity index is 1.71. The minimum atomic E-state index is -0.394. The van der Waals surface area contributed by atoms with Crippen LogP contribution in [0.3, 0.4) is 0 Å². The summed E-state index contributed by atoms with van der Waals surface area (Å²) in [6.07, 6.45) is 6.65. The number of aryl methyl sites for hydroxylation is 2. The van der Waals surface area contributed by atoms with E-state index in [0.717, 1.165) is 46.8 Å². The third kappa shape index (κ3) is 3.58. The van der Waals surface area contributed by atoms with E-state index in [-0.39, 0.29) is 11.4 Å². The number of hydrogen-bond acceptors (Lipinski definition) is 4. The van der Waals surface area contributed by atoms with Gasteiger partial charge in [-0.3, -0.25) is 10.2 Å². The highest BCUT2D eigenvalue weighted by atomic mass is 32.2. The number of carbonyl (C=O) groups is 1. The van der Waals surface area contributed by atoms with Crippen LogP contribution in [0.25, 0.3) is 11.8 Å². The Kier molecular flexibility index (Phi) is 5.24. The number of amides is 1. The van der Waals surface area contributed by atoms with Gasteiger partial charge in [0.1, 0.15) is 5.04 Å². The Morgan fingerprint density at radius 3 is 2.66 bits per heavy atom. The lowest BCUT2D eigenvalue weighted by molar-refractivity contribution is -0.114. The lowest BCUT2D eigenvalue weighted by Crippen LogP contribution is -2.35. The van der Waals surface area contributed by atoms with Crippen LogP contribution in [-0.4, -0.2) is 31.5 Å². The van der Waals surface area contributed by atoms with E-state index in [1.165, 1.54) is 16.8 Å². The zero-order valence-corrected chi connectivity index (χ0v) is 17.6. The number of benzene rings is 1. The average Bonchev–Trinajstić information content (AvgIpc) is 3.30. The molecule has 1 aromatic heterocycles. The molecule has 0 bridgehead atoms. The predicted molar refractivity (Wildman–Crippen MR) is 120 cm³/mol. The Morgan fingerprint density at radius 1 is 1.17 bits per heavy atom. The molecule has 29 heavy (non-hydrogen) atoms. The number of aliphatic imine (C=N–C) groups is 1. The predicted octanol–water partition coefficient (Wildman–Crippen LogP) is 4.90. The Bertz CT molecular complexity index is 1070. The van der Waals surface area contributed by atoms with Gasteiger partial charge < -0.3 is 4.57 Å². The number of rotatable bonds is 5. The average molecular weight is 406 g/mol. The first-order chi connectivity index (χ1) is 14.0. The molecule has 0 aliphatic carbocycles. The van der Waals surface area contributed by atoms with Gasteiger partial charge >= 0.3 is 0 Å². The third-order valence-corrected chi connectivity index (χ3v) is 5.96. The van der Waals surface area contributed by atoms with Crippen LogP contribution >= 0.6 is 11.8 Å². The van der Waals surface area contributed by atoms with Crippen LogP contribution < -0.4 is 0 Å². The summed E-state index contributed by atoms with van der Waals surface area (Å²) in [5.41, 5.74) is 4.46. The summed E-state index contributed by atoms with van der Waals surface area (Å²) in [7, 11) is 0. The fourth-order valence-electron chi connectivity index (χ4n) is 3.51. The van der Waals surface area contributed by atoms with Gasteiger partial charge in [-0.2, -0.15) is 15.1 Å². The second-order valence-electron chi connectivity index (χ2n) is 7.16. The summed E-state index contributed by atoms with van der Waals surface area (Å²) in [5, 5.41) is 15.9. The molecule has 0 saturated heterocycles. The SMILES string of the molecule is CCCCC1=NN2C(=N)/C(=C\c3cccn3-c3c(C)cccc3C)C(=O)N=C2S1. The maximum Gasteiger partial charge on any atom is 0.283 e. The van der Waals surface area contributed by atoms with Crippen LogP contribution in [0.4, 0.5) is 0 Å². The fourth-order valence-corrected chi connectivity index (χ4v) is 4.44. The molecule has 6 nitrogen and oxygen atoms in total. The van der Waals surface area contributed by atoms with E-state index in [0.29, 0.717) is 5.17 Å². The largest absolute Gasteiger partial charge is 0.317 e. The molecule has 7 heteroatoms. The van der Waals surface area contributed by atoms with E-state index in [2.05, 4.69) is 43.0 Å². The van der Waals surface area contributed by atoms with Crippen molar-refractivity contribution in [1.29, 1.82) is 5.41 Å². The molecule has 0 unspecified atom stereocenters. The Labute approximate surface area is 174 Å². The van der Waals surface area contributed by atoms with Gasteiger partial charge in [-0.05, 0) is 67.8 Å². The standard InChI is InChI=1S/C22H23N5OS/c1-4-5-11-18-25-27-20(23)17(21(28)24-22(27)29-18)13-16-10-7-12-26(16)19-14(2)8-6-9-15(19)3/h6-10,12-13,23H,4-5,11H2,1-3H3/b17-13+,23-20?.